The van der Waals surface area contributed by atoms with Crippen LogP contribution in [0, 0.1) is 5.41 Å². The molecular formula is C9H10N6. The standard InChI is InChI=1S/C9H10N6/c10-8(11)9(4-2-6-13-15-9)7-3-1-5-12-14-7/h1-6,15H,(H3,10,11). The molecule has 6 heteroatoms. The van der Waals surface area contributed by atoms with E-state index < -0.39 is 5.54 Å². The average Bonchev–Trinajstić information content (AvgIpc) is 2.31. The molecular weight excluding hydrogens is 192 g/mol. The van der Waals surface area contributed by atoms with Crippen molar-refractivity contribution in [2.75, 3.05) is 0 Å². The van der Waals surface area contributed by atoms with Crippen molar-refractivity contribution in [3.05, 3.63) is 36.2 Å². The van der Waals surface area contributed by atoms with Crippen molar-refractivity contribution in [2.45, 2.75) is 5.54 Å². The molecule has 0 aromatic carbocycles. The van der Waals surface area contributed by atoms with Gasteiger partial charge >= 0.3 is 0 Å². The summed E-state index contributed by atoms with van der Waals surface area (Å²) in [6.45, 7) is 0. The van der Waals surface area contributed by atoms with Crippen LogP contribution >= 0.6 is 0 Å². The van der Waals surface area contributed by atoms with Crippen LogP contribution in [0.4, 0.5) is 0 Å². The van der Waals surface area contributed by atoms with Crippen LogP contribution in [-0.4, -0.2) is 22.2 Å². The smallest absolute Gasteiger partial charge is 0.173 e. The van der Waals surface area contributed by atoms with Crippen molar-refractivity contribution in [1.29, 1.82) is 5.41 Å². The highest BCUT2D eigenvalue weighted by Gasteiger charge is 2.35. The molecule has 0 amide bonds. The normalized spacial score (nSPS) is 23.5. The SMILES string of the molecule is N=C(N)C1(c2cccnn2)C=CC=NN1. The molecule has 0 bridgehead atoms. The predicted octanol–water partition coefficient (Wildman–Crippen LogP) is -0.247. The number of amidine groups is 1. The summed E-state index contributed by atoms with van der Waals surface area (Å²) >= 11 is 0. The largest absolute Gasteiger partial charge is 0.385 e. The number of nitrogens with zero attached hydrogens (tertiary/aromatic N) is 3. The van der Waals surface area contributed by atoms with Crippen molar-refractivity contribution >= 4 is 12.1 Å². The Morgan fingerprint density at radius 1 is 1.53 bits per heavy atom. The van der Waals surface area contributed by atoms with Crippen LogP contribution in [0.25, 0.3) is 0 Å². The number of allylic oxidation sites excluding steroid dienone is 1. The summed E-state index contributed by atoms with van der Waals surface area (Å²) in [7, 11) is 0. The lowest BCUT2D eigenvalue weighted by molar-refractivity contribution is 0.529. The molecule has 1 atom stereocenters. The second kappa shape index (κ2) is 3.49. The molecule has 6 nitrogen and oxygen atoms in total. The third-order valence-corrected chi connectivity index (χ3v) is 2.15. The van der Waals surface area contributed by atoms with Gasteiger partial charge in [-0.25, -0.2) is 0 Å². The van der Waals surface area contributed by atoms with Crippen molar-refractivity contribution in [2.24, 2.45) is 10.8 Å². The minimum atomic E-state index is -0.969. The molecule has 0 saturated carbocycles. The number of hydrazone groups is 1. The van der Waals surface area contributed by atoms with Gasteiger partial charge in [-0.05, 0) is 24.3 Å². The fourth-order valence-electron chi connectivity index (χ4n) is 1.35. The van der Waals surface area contributed by atoms with Crippen molar-refractivity contribution in [3.63, 3.8) is 0 Å². The van der Waals surface area contributed by atoms with E-state index in [-0.39, 0.29) is 5.84 Å². The van der Waals surface area contributed by atoms with Gasteiger partial charge in [0.25, 0.3) is 0 Å². The lowest BCUT2D eigenvalue weighted by Gasteiger charge is -2.29. The summed E-state index contributed by atoms with van der Waals surface area (Å²) in [5, 5.41) is 19.2. The van der Waals surface area contributed by atoms with Crippen molar-refractivity contribution < 1.29 is 0 Å². The van der Waals surface area contributed by atoms with E-state index in [0.717, 1.165) is 0 Å². The topological polar surface area (TPSA) is 100 Å². The minimum Gasteiger partial charge on any atom is -0.385 e. The molecule has 0 fully saturated rings. The summed E-state index contributed by atoms with van der Waals surface area (Å²) in [6.07, 6.45) is 6.59. The number of nitrogens with one attached hydrogen (secondary N) is 2. The van der Waals surface area contributed by atoms with E-state index in [1.54, 1.807) is 36.7 Å². The lowest BCUT2D eigenvalue weighted by atomic mass is 9.93. The average molecular weight is 202 g/mol. The van der Waals surface area contributed by atoms with Crippen LogP contribution in [0.5, 0.6) is 0 Å². The molecule has 1 aromatic rings. The summed E-state index contributed by atoms with van der Waals surface area (Å²) < 4.78 is 0. The first kappa shape index (κ1) is 9.32. The number of aromatic nitrogens is 2. The number of nitrogens with two attached hydrogens (primary N) is 1. The van der Waals surface area contributed by atoms with Gasteiger partial charge in [-0.2, -0.15) is 15.3 Å². The zero-order valence-corrected chi connectivity index (χ0v) is 7.88. The van der Waals surface area contributed by atoms with Gasteiger partial charge in [-0.1, -0.05) is 0 Å². The zero-order valence-electron chi connectivity index (χ0n) is 7.88. The molecule has 0 spiro atoms. The Hall–Kier alpha value is -2.24. The Balaban J connectivity index is 2.49. The first-order chi connectivity index (χ1) is 7.26. The van der Waals surface area contributed by atoms with E-state index in [9.17, 15) is 0 Å². The lowest BCUT2D eigenvalue weighted by Crippen LogP contribution is -2.50. The van der Waals surface area contributed by atoms with E-state index in [2.05, 4.69) is 20.7 Å². The van der Waals surface area contributed by atoms with Gasteiger partial charge in [0.1, 0.15) is 11.5 Å². The highest BCUT2D eigenvalue weighted by Crippen LogP contribution is 2.21. The number of hydrogen-bond donors (Lipinski definition) is 3. The Kier molecular flexibility index (Phi) is 2.17. The molecule has 76 valence electrons. The van der Waals surface area contributed by atoms with Crippen molar-refractivity contribution in [3.8, 4) is 0 Å². The maximum Gasteiger partial charge on any atom is 0.173 e. The van der Waals surface area contributed by atoms with Crippen LogP contribution in [0.3, 0.4) is 0 Å². The van der Waals surface area contributed by atoms with E-state index in [0.29, 0.717) is 5.69 Å². The molecule has 2 heterocycles. The molecule has 1 aliphatic rings. The van der Waals surface area contributed by atoms with Gasteiger partial charge < -0.3 is 5.73 Å². The second-order valence-electron chi connectivity index (χ2n) is 3.08. The number of rotatable bonds is 2. The molecule has 0 saturated heterocycles. The van der Waals surface area contributed by atoms with Crippen LogP contribution in [0.15, 0.2) is 35.6 Å². The highest BCUT2D eigenvalue weighted by atomic mass is 15.4. The van der Waals surface area contributed by atoms with Gasteiger partial charge in [0, 0.05) is 12.4 Å². The summed E-state index contributed by atoms with van der Waals surface area (Å²) in [4.78, 5) is 0. The number of hydrogen-bond acceptors (Lipinski definition) is 5. The molecule has 2 rings (SSSR count). The quantitative estimate of drug-likeness (QED) is 0.455. The third kappa shape index (κ3) is 1.45. The highest BCUT2D eigenvalue weighted by molar-refractivity contribution is 5.92. The van der Waals surface area contributed by atoms with Gasteiger partial charge in [-0.3, -0.25) is 10.8 Å². The van der Waals surface area contributed by atoms with Gasteiger partial charge in [0.2, 0.25) is 0 Å². The summed E-state index contributed by atoms with van der Waals surface area (Å²) in [6, 6.07) is 3.48. The Morgan fingerprint density at radius 3 is 2.93 bits per heavy atom. The second-order valence-corrected chi connectivity index (χ2v) is 3.08. The maximum absolute atomic E-state index is 7.60. The van der Waals surface area contributed by atoms with Crippen LogP contribution in [0.2, 0.25) is 0 Å². The molecule has 1 unspecified atom stereocenters. The first-order valence-corrected chi connectivity index (χ1v) is 4.36. The molecule has 1 aliphatic heterocycles. The molecule has 0 aliphatic carbocycles. The Bertz CT molecular complexity index is 423. The van der Waals surface area contributed by atoms with Crippen molar-refractivity contribution in [1.82, 2.24) is 15.6 Å². The van der Waals surface area contributed by atoms with Crippen LogP contribution in [-0.2, 0) is 5.54 Å². The van der Waals surface area contributed by atoms with E-state index >= 15 is 0 Å². The molecule has 15 heavy (non-hydrogen) atoms. The molecule has 1 aromatic heterocycles. The Labute approximate surface area is 86.4 Å². The molecule has 4 N–H and O–H groups in total. The van der Waals surface area contributed by atoms with Gasteiger partial charge in [0.15, 0.2) is 5.54 Å². The van der Waals surface area contributed by atoms with E-state index in [1.165, 1.54) is 0 Å². The monoisotopic (exact) mass is 202 g/mol. The predicted molar refractivity (Wildman–Crippen MR) is 56.4 cm³/mol. The van der Waals surface area contributed by atoms with Gasteiger partial charge in [-0.15, -0.1) is 0 Å². The van der Waals surface area contributed by atoms with Crippen LogP contribution in [0.1, 0.15) is 5.69 Å². The Morgan fingerprint density at radius 2 is 2.40 bits per heavy atom. The third-order valence-electron chi connectivity index (χ3n) is 2.15. The van der Waals surface area contributed by atoms with Crippen LogP contribution < -0.4 is 11.2 Å². The van der Waals surface area contributed by atoms with E-state index in [1.807, 2.05) is 0 Å². The summed E-state index contributed by atoms with van der Waals surface area (Å²) in [5.41, 5.74) is 7.92. The maximum atomic E-state index is 7.60. The fraction of sp³-hybridized carbons (Fsp3) is 0.111. The fourth-order valence-corrected chi connectivity index (χ4v) is 1.35. The molecule has 0 radical (unpaired) electrons. The van der Waals surface area contributed by atoms with E-state index in [4.69, 9.17) is 11.1 Å². The zero-order chi connectivity index (χ0) is 10.7. The summed E-state index contributed by atoms with van der Waals surface area (Å²) in [5.74, 6) is -0.0731. The first-order valence-electron chi connectivity index (χ1n) is 4.36. The minimum absolute atomic E-state index is 0.0731. The van der Waals surface area contributed by atoms with Gasteiger partial charge in [0.05, 0.1) is 0 Å².